The van der Waals surface area contributed by atoms with E-state index in [0.717, 1.165) is 0 Å². The summed E-state index contributed by atoms with van der Waals surface area (Å²) in [5.74, 6) is -0.722. The van der Waals surface area contributed by atoms with E-state index in [1.807, 2.05) is 5.32 Å². The van der Waals surface area contributed by atoms with Crippen molar-refractivity contribution in [3.8, 4) is 0 Å². The normalized spacial score (nSPS) is 43.5. The molecule has 0 aromatic carbocycles. The molecular weight excluding hydrogens is 328 g/mol. The predicted molar refractivity (Wildman–Crippen MR) is 61.9 cm³/mol. The monoisotopic (exact) mass is 340 g/mol. The third-order valence-electron chi connectivity index (χ3n) is 3.05. The Morgan fingerprint density at radius 1 is 1.26 bits per heavy atom. The zero-order valence-corrected chi connectivity index (χ0v) is 11.1. The molecule has 19 heavy (non-hydrogen) atoms. The van der Waals surface area contributed by atoms with Crippen molar-refractivity contribution in [3.63, 3.8) is 0 Å². The maximum Gasteiger partial charge on any atom is 0.328 e. The zero-order valence-electron chi connectivity index (χ0n) is 9.51. The lowest BCUT2D eigenvalue weighted by molar-refractivity contribution is -0.148. The molecular formula is C9H13BrN2O7. The number of rotatable bonds is 2. The molecule has 0 aromatic rings. The van der Waals surface area contributed by atoms with Crippen LogP contribution in [-0.4, -0.2) is 79.5 Å². The minimum absolute atomic E-state index is 0.559. The number of hydrogen-bond acceptors (Lipinski definition) is 7. The van der Waals surface area contributed by atoms with E-state index < -0.39 is 54.1 Å². The van der Waals surface area contributed by atoms with Gasteiger partial charge < -0.3 is 25.2 Å². The smallest absolute Gasteiger partial charge is 0.328 e. The molecule has 0 aliphatic carbocycles. The van der Waals surface area contributed by atoms with Crippen LogP contribution in [0.15, 0.2) is 0 Å². The number of aliphatic hydroxyl groups excluding tert-OH is 4. The Kier molecular flexibility index (Phi) is 4.08. The second-order valence-electron chi connectivity index (χ2n) is 4.25. The molecule has 2 saturated heterocycles. The van der Waals surface area contributed by atoms with Crippen molar-refractivity contribution in [2.75, 3.05) is 6.61 Å². The van der Waals surface area contributed by atoms with Crippen molar-refractivity contribution < 1.29 is 34.8 Å². The van der Waals surface area contributed by atoms with Crippen LogP contribution in [0.4, 0.5) is 4.79 Å². The molecule has 0 bridgehead atoms. The molecule has 0 spiro atoms. The van der Waals surface area contributed by atoms with Crippen LogP contribution in [0, 0.1) is 0 Å². The minimum atomic E-state index is -1.56. The number of hydrogen-bond donors (Lipinski definition) is 5. The molecule has 0 saturated carbocycles. The summed E-state index contributed by atoms with van der Waals surface area (Å²) in [5, 5.41) is 40.2. The number of alkyl halides is 1. The van der Waals surface area contributed by atoms with Crippen LogP contribution < -0.4 is 5.32 Å². The third-order valence-corrected chi connectivity index (χ3v) is 3.94. The predicted octanol–water partition coefficient (Wildman–Crippen LogP) is -2.94. The average Bonchev–Trinajstić information content (AvgIpc) is 2.64. The Morgan fingerprint density at radius 2 is 1.89 bits per heavy atom. The maximum atomic E-state index is 11.7. The van der Waals surface area contributed by atoms with E-state index in [1.54, 1.807) is 0 Å². The highest BCUT2D eigenvalue weighted by atomic mass is 79.9. The Morgan fingerprint density at radius 3 is 2.42 bits per heavy atom. The standard InChI is InChI=1S/C9H13BrN2O7/c10-3-6(16)11-9(18)12(7(3)17)8-5(15)4(14)2(1-13)19-8/h2-5,7-8,13-15,17H,1H2,(H,11,16,18)/t2-,3?,4-,5-,7?,8-/m1/s1. The second-order valence-corrected chi connectivity index (χ2v) is 5.23. The Bertz CT molecular complexity index is 395. The summed E-state index contributed by atoms with van der Waals surface area (Å²) in [6, 6.07) is -0.956. The molecule has 2 unspecified atom stereocenters. The quantitative estimate of drug-likeness (QED) is 0.339. The molecule has 6 atom stereocenters. The second kappa shape index (κ2) is 5.31. The number of halogens is 1. The molecule has 10 heteroatoms. The number of imide groups is 1. The molecule has 2 rings (SSSR count). The molecule has 2 aliphatic rings. The maximum absolute atomic E-state index is 11.7. The SMILES string of the molecule is O=C1NC(=O)N([C@@H]2O[C@H](CO)[C@@H](O)[C@H]2O)C(O)C1Br. The van der Waals surface area contributed by atoms with Crippen molar-refractivity contribution in [2.45, 2.75) is 35.6 Å². The lowest BCUT2D eigenvalue weighted by atomic mass is 10.1. The van der Waals surface area contributed by atoms with Gasteiger partial charge in [-0.3, -0.25) is 15.0 Å². The fourth-order valence-electron chi connectivity index (χ4n) is 2.01. The number of urea groups is 1. The van der Waals surface area contributed by atoms with Gasteiger partial charge in [-0.25, -0.2) is 4.79 Å². The van der Waals surface area contributed by atoms with Gasteiger partial charge in [-0.1, -0.05) is 15.9 Å². The molecule has 108 valence electrons. The first-order chi connectivity index (χ1) is 8.88. The van der Waals surface area contributed by atoms with Crippen LogP contribution in [0.3, 0.4) is 0 Å². The molecule has 9 nitrogen and oxygen atoms in total. The van der Waals surface area contributed by atoms with E-state index in [1.165, 1.54) is 0 Å². The highest BCUT2D eigenvalue weighted by molar-refractivity contribution is 9.10. The molecule has 5 N–H and O–H groups in total. The zero-order chi connectivity index (χ0) is 14.3. The number of aliphatic hydroxyl groups is 4. The summed E-state index contributed by atoms with van der Waals surface area (Å²) in [7, 11) is 0. The largest absolute Gasteiger partial charge is 0.394 e. The summed E-state index contributed by atoms with van der Waals surface area (Å²) in [4.78, 5) is 22.6. The van der Waals surface area contributed by atoms with E-state index >= 15 is 0 Å². The van der Waals surface area contributed by atoms with Crippen LogP contribution in [0.5, 0.6) is 0 Å². The van der Waals surface area contributed by atoms with E-state index in [-0.39, 0.29) is 0 Å². The fourth-order valence-corrected chi connectivity index (χ4v) is 2.38. The Hall–Kier alpha value is -0.780. The summed E-state index contributed by atoms with van der Waals surface area (Å²) in [5.41, 5.74) is 0. The average molecular weight is 341 g/mol. The van der Waals surface area contributed by atoms with Gasteiger partial charge in [0, 0.05) is 0 Å². The third kappa shape index (κ3) is 2.35. The van der Waals surface area contributed by atoms with Gasteiger partial charge in [0.25, 0.3) is 0 Å². The van der Waals surface area contributed by atoms with Gasteiger partial charge in [-0.2, -0.15) is 0 Å². The van der Waals surface area contributed by atoms with Crippen LogP contribution in [-0.2, 0) is 9.53 Å². The number of carbonyl (C=O) groups excluding carboxylic acids is 2. The summed E-state index contributed by atoms with van der Waals surface area (Å²) in [6.45, 7) is -0.559. The van der Waals surface area contributed by atoms with Crippen molar-refractivity contribution in [1.29, 1.82) is 0 Å². The first kappa shape index (κ1) is 14.6. The molecule has 3 amide bonds. The lowest BCUT2D eigenvalue weighted by Gasteiger charge is -2.38. The Labute approximate surface area is 115 Å². The Balaban J connectivity index is 2.21. The fraction of sp³-hybridized carbons (Fsp3) is 0.778. The van der Waals surface area contributed by atoms with E-state index in [9.17, 15) is 24.9 Å². The number of nitrogens with zero attached hydrogens (tertiary/aromatic N) is 1. The molecule has 2 heterocycles. The van der Waals surface area contributed by atoms with Gasteiger partial charge >= 0.3 is 6.03 Å². The minimum Gasteiger partial charge on any atom is -0.394 e. The van der Waals surface area contributed by atoms with Crippen molar-refractivity contribution in [3.05, 3.63) is 0 Å². The van der Waals surface area contributed by atoms with Crippen LogP contribution >= 0.6 is 15.9 Å². The van der Waals surface area contributed by atoms with Gasteiger partial charge in [0.15, 0.2) is 12.5 Å². The van der Waals surface area contributed by atoms with Crippen LogP contribution in [0.1, 0.15) is 0 Å². The van der Waals surface area contributed by atoms with Crippen molar-refractivity contribution in [1.82, 2.24) is 10.2 Å². The van der Waals surface area contributed by atoms with Gasteiger partial charge in [-0.15, -0.1) is 0 Å². The summed E-state index contributed by atoms with van der Waals surface area (Å²) >= 11 is 2.90. The summed E-state index contributed by atoms with van der Waals surface area (Å²) < 4.78 is 5.12. The highest BCUT2D eigenvalue weighted by Crippen LogP contribution is 2.28. The number of ether oxygens (including phenoxy) is 1. The van der Waals surface area contributed by atoms with Gasteiger partial charge in [-0.05, 0) is 0 Å². The van der Waals surface area contributed by atoms with Gasteiger partial charge in [0.2, 0.25) is 5.91 Å². The summed E-state index contributed by atoms with van der Waals surface area (Å²) in [6.07, 6.45) is -6.92. The first-order valence-corrected chi connectivity index (χ1v) is 6.37. The topological polar surface area (TPSA) is 140 Å². The first-order valence-electron chi connectivity index (χ1n) is 5.46. The number of amides is 3. The van der Waals surface area contributed by atoms with Crippen molar-refractivity contribution >= 4 is 27.9 Å². The van der Waals surface area contributed by atoms with Crippen molar-refractivity contribution in [2.24, 2.45) is 0 Å². The van der Waals surface area contributed by atoms with Crippen LogP contribution in [0.25, 0.3) is 0 Å². The molecule has 2 aliphatic heterocycles. The number of nitrogens with one attached hydrogen (secondary N) is 1. The molecule has 2 fully saturated rings. The van der Waals surface area contributed by atoms with E-state index in [4.69, 9.17) is 9.84 Å². The number of carbonyl (C=O) groups is 2. The van der Waals surface area contributed by atoms with E-state index in [0.29, 0.717) is 4.90 Å². The molecule has 0 aromatic heterocycles. The van der Waals surface area contributed by atoms with Gasteiger partial charge in [0.05, 0.1) is 6.61 Å². The van der Waals surface area contributed by atoms with Gasteiger partial charge in [0.1, 0.15) is 23.1 Å². The lowest BCUT2D eigenvalue weighted by Crippen LogP contribution is -2.65. The molecule has 0 radical (unpaired) electrons. The highest BCUT2D eigenvalue weighted by Gasteiger charge is 2.52. The van der Waals surface area contributed by atoms with E-state index in [2.05, 4.69) is 15.9 Å². The van der Waals surface area contributed by atoms with Crippen LogP contribution in [0.2, 0.25) is 0 Å².